The number of carbonyl (C=O) groups excluding carboxylic acids is 1. The van der Waals surface area contributed by atoms with Crippen LogP contribution in [0.5, 0.6) is 0 Å². The number of carbonyl (C=O) groups is 1. The van der Waals surface area contributed by atoms with Crippen LogP contribution in [-0.4, -0.2) is 62.4 Å². The Morgan fingerprint density at radius 2 is 1.89 bits per heavy atom. The zero-order valence-corrected chi connectivity index (χ0v) is 15.6. The number of benzene rings is 1. The molecule has 0 aliphatic carbocycles. The van der Waals surface area contributed by atoms with Gasteiger partial charge in [-0.15, -0.1) is 0 Å². The van der Waals surface area contributed by atoms with E-state index in [1.807, 2.05) is 0 Å². The summed E-state index contributed by atoms with van der Waals surface area (Å²) >= 11 is 0. The molecule has 0 aromatic heterocycles. The third-order valence-electron chi connectivity index (χ3n) is 4.76. The maximum atomic E-state index is 12.6. The van der Waals surface area contributed by atoms with E-state index in [1.165, 1.54) is 12.1 Å². The second-order valence-corrected chi connectivity index (χ2v) is 8.43. The fourth-order valence-corrected chi connectivity index (χ4v) is 4.61. The summed E-state index contributed by atoms with van der Waals surface area (Å²) in [4.78, 5) is 15.8. The lowest BCUT2D eigenvalue weighted by molar-refractivity contribution is 0.0938. The van der Waals surface area contributed by atoms with E-state index in [1.54, 1.807) is 21.9 Å². The van der Waals surface area contributed by atoms with Crippen molar-refractivity contribution in [3.8, 4) is 18.7 Å². The van der Waals surface area contributed by atoms with E-state index in [2.05, 4.69) is 22.3 Å². The van der Waals surface area contributed by atoms with Crippen molar-refractivity contribution in [1.29, 1.82) is 5.26 Å². The highest BCUT2D eigenvalue weighted by Gasteiger charge is 2.27. The molecule has 2 fully saturated rings. The molecule has 2 saturated heterocycles. The van der Waals surface area contributed by atoms with Gasteiger partial charge in [-0.1, -0.05) is 12.5 Å². The summed E-state index contributed by atoms with van der Waals surface area (Å²) in [7, 11) is -3.75. The Kier molecular flexibility index (Phi) is 5.54. The van der Waals surface area contributed by atoms with E-state index in [4.69, 9.17) is 11.7 Å². The first kappa shape index (κ1) is 19.0. The Morgan fingerprint density at radius 1 is 1.19 bits per heavy atom. The smallest absolute Gasteiger partial charge is 0.251 e. The monoisotopic (exact) mass is 387 g/mol. The zero-order chi connectivity index (χ0) is 19.4. The predicted octanol–water partition coefficient (Wildman–Crippen LogP) is -0.0849. The summed E-state index contributed by atoms with van der Waals surface area (Å²) in [6.07, 6.45) is 8.72. The fraction of sp³-hybridized carbons (Fsp3) is 0.444. The second-order valence-electron chi connectivity index (χ2n) is 6.71. The molecule has 0 saturated carbocycles. The van der Waals surface area contributed by atoms with Crippen molar-refractivity contribution in [2.45, 2.75) is 29.8 Å². The van der Waals surface area contributed by atoms with E-state index < -0.39 is 10.0 Å². The Bertz CT molecular complexity index is 902. The highest BCUT2D eigenvalue weighted by atomic mass is 32.2. The third kappa shape index (κ3) is 4.51. The number of hydrogen-bond acceptors (Lipinski definition) is 6. The summed E-state index contributed by atoms with van der Waals surface area (Å²) < 4.78 is 27.9. The SMILES string of the molecule is C#CN1CCC(NS(=O)(=O)c2cccc(C(=O)NC3CCN(C#N)C3)c2)C1. The molecule has 2 aliphatic rings. The van der Waals surface area contributed by atoms with Gasteiger partial charge < -0.3 is 15.1 Å². The number of nitrogens with zero attached hydrogens (tertiary/aromatic N) is 3. The normalized spacial score (nSPS) is 22.3. The van der Waals surface area contributed by atoms with Gasteiger partial charge >= 0.3 is 0 Å². The Labute approximate surface area is 159 Å². The molecule has 8 nitrogen and oxygen atoms in total. The topological polar surface area (TPSA) is 106 Å². The fourth-order valence-electron chi connectivity index (χ4n) is 3.30. The molecule has 1 amide bonds. The number of nitrogens with one attached hydrogen (secondary N) is 2. The van der Waals surface area contributed by atoms with E-state index in [-0.39, 0.29) is 28.4 Å². The summed E-state index contributed by atoms with van der Waals surface area (Å²) in [5.74, 6) is -0.351. The van der Waals surface area contributed by atoms with Crippen LogP contribution in [0, 0.1) is 23.9 Å². The quantitative estimate of drug-likeness (QED) is 0.541. The highest BCUT2D eigenvalue weighted by molar-refractivity contribution is 7.89. The largest absolute Gasteiger partial charge is 0.347 e. The van der Waals surface area contributed by atoms with Gasteiger partial charge in [0.15, 0.2) is 6.19 Å². The maximum Gasteiger partial charge on any atom is 0.251 e. The molecule has 2 unspecified atom stereocenters. The van der Waals surface area contributed by atoms with Gasteiger partial charge in [0.2, 0.25) is 10.0 Å². The molecule has 142 valence electrons. The average molecular weight is 387 g/mol. The first-order valence-electron chi connectivity index (χ1n) is 8.70. The van der Waals surface area contributed by atoms with Crippen LogP contribution >= 0.6 is 0 Å². The second kappa shape index (κ2) is 7.87. The van der Waals surface area contributed by atoms with Crippen molar-refractivity contribution in [2.75, 3.05) is 26.2 Å². The molecule has 9 heteroatoms. The van der Waals surface area contributed by atoms with E-state index in [0.717, 1.165) is 0 Å². The molecule has 1 aromatic rings. The number of rotatable bonds is 5. The van der Waals surface area contributed by atoms with E-state index >= 15 is 0 Å². The van der Waals surface area contributed by atoms with Crippen LogP contribution in [0.25, 0.3) is 0 Å². The van der Waals surface area contributed by atoms with Gasteiger partial charge in [0.1, 0.15) is 0 Å². The summed E-state index contributed by atoms with van der Waals surface area (Å²) in [5.41, 5.74) is 0.268. The first-order chi connectivity index (χ1) is 12.9. The zero-order valence-electron chi connectivity index (χ0n) is 14.8. The van der Waals surface area contributed by atoms with Gasteiger partial charge in [-0.05, 0) is 31.0 Å². The van der Waals surface area contributed by atoms with E-state index in [9.17, 15) is 13.2 Å². The molecule has 2 atom stereocenters. The lowest BCUT2D eigenvalue weighted by Gasteiger charge is -2.15. The molecule has 3 rings (SSSR count). The predicted molar refractivity (Wildman–Crippen MR) is 98.6 cm³/mol. The Balaban J connectivity index is 1.67. The van der Waals surface area contributed by atoms with Gasteiger partial charge in [0.05, 0.1) is 4.90 Å². The highest BCUT2D eigenvalue weighted by Crippen LogP contribution is 2.16. The molecule has 1 aromatic carbocycles. The molecular weight excluding hydrogens is 366 g/mol. The summed E-state index contributed by atoms with van der Waals surface area (Å²) in [5, 5.41) is 11.7. The standard InChI is InChI=1S/C18H21N5O3S/c1-2-22-8-7-16(12-22)21-27(25,26)17-5-3-4-14(10-17)18(24)20-15-6-9-23(11-15)13-19/h1,3-5,10,15-16,21H,6-9,11-12H2,(H,20,24). The van der Waals surface area contributed by atoms with Crippen LogP contribution in [0.3, 0.4) is 0 Å². The van der Waals surface area contributed by atoms with Gasteiger partial charge in [0.25, 0.3) is 5.91 Å². The van der Waals surface area contributed by atoms with Crippen LogP contribution in [0.15, 0.2) is 29.2 Å². The minimum atomic E-state index is -3.75. The van der Waals surface area contributed by atoms with Crippen molar-refractivity contribution in [3.63, 3.8) is 0 Å². The average Bonchev–Trinajstić information content (AvgIpc) is 3.30. The van der Waals surface area contributed by atoms with Crippen LogP contribution < -0.4 is 10.0 Å². The van der Waals surface area contributed by atoms with Crippen molar-refractivity contribution in [3.05, 3.63) is 29.8 Å². The maximum absolute atomic E-state index is 12.6. The van der Waals surface area contributed by atoms with Crippen molar-refractivity contribution in [2.24, 2.45) is 0 Å². The van der Waals surface area contributed by atoms with Crippen LogP contribution in [0.4, 0.5) is 0 Å². The molecule has 27 heavy (non-hydrogen) atoms. The molecule has 0 bridgehead atoms. The minimum Gasteiger partial charge on any atom is -0.347 e. The van der Waals surface area contributed by atoms with Gasteiger partial charge in [0, 0.05) is 49.9 Å². The molecule has 2 aliphatic heterocycles. The molecule has 2 heterocycles. The number of nitriles is 1. The molecule has 0 radical (unpaired) electrons. The van der Waals surface area contributed by atoms with Gasteiger partial charge in [-0.3, -0.25) is 4.79 Å². The Hall–Kier alpha value is -2.75. The minimum absolute atomic E-state index is 0.0411. The molecule has 2 N–H and O–H groups in total. The molecular formula is C18H21N5O3S. The van der Waals surface area contributed by atoms with Crippen LogP contribution in [-0.2, 0) is 10.0 Å². The number of amides is 1. The van der Waals surface area contributed by atoms with E-state index in [0.29, 0.717) is 39.0 Å². The number of sulfonamides is 1. The Morgan fingerprint density at radius 3 is 2.56 bits per heavy atom. The number of terminal acetylenes is 1. The van der Waals surface area contributed by atoms with Crippen molar-refractivity contribution >= 4 is 15.9 Å². The first-order valence-corrected chi connectivity index (χ1v) is 10.2. The third-order valence-corrected chi connectivity index (χ3v) is 6.28. The summed E-state index contributed by atoms with van der Waals surface area (Å²) in [6, 6.07) is 8.07. The molecule has 0 spiro atoms. The van der Waals surface area contributed by atoms with Gasteiger partial charge in [-0.25, -0.2) is 13.1 Å². The van der Waals surface area contributed by atoms with Crippen molar-refractivity contribution < 1.29 is 13.2 Å². The lowest BCUT2D eigenvalue weighted by Crippen LogP contribution is -2.37. The lowest BCUT2D eigenvalue weighted by atomic mass is 10.2. The van der Waals surface area contributed by atoms with Crippen molar-refractivity contribution in [1.82, 2.24) is 19.8 Å². The van der Waals surface area contributed by atoms with Crippen LogP contribution in [0.2, 0.25) is 0 Å². The number of likely N-dealkylation sites (tertiary alicyclic amines) is 2. The number of hydrogen-bond donors (Lipinski definition) is 2. The summed E-state index contributed by atoms with van der Waals surface area (Å²) in [6.45, 7) is 2.19. The van der Waals surface area contributed by atoms with Gasteiger partial charge in [-0.2, -0.15) is 5.26 Å². The van der Waals surface area contributed by atoms with Crippen LogP contribution in [0.1, 0.15) is 23.2 Å².